The lowest BCUT2D eigenvalue weighted by atomic mass is 10.2. The number of sulfonamides is 1. The monoisotopic (exact) mass is 644 g/mol. The largest absolute Gasteiger partial charge is 0.497 e. The molecule has 0 unspecified atom stereocenters. The Kier molecular flexibility index (Phi) is 9.90. The van der Waals surface area contributed by atoms with Crippen molar-refractivity contribution in [2.24, 2.45) is 5.10 Å². The number of aryl methyl sites for hydroxylation is 1. The molecule has 4 aromatic rings. The summed E-state index contributed by atoms with van der Waals surface area (Å²) in [6, 6.07) is 17.7. The standard InChI is InChI=1S/C30H30Cl2N4O6S/c1-19-14-21(20(2)36(19)23-8-12-26(31)27(32)15-23)17-33-34-30(37)18-35(22-6-9-24(40-3)10-7-22)43(38,39)25-11-13-28(41-4)29(16-25)42-5/h6-17H,18H2,1-5H3,(H,34,37)/b33-17+. The van der Waals surface area contributed by atoms with Crippen molar-refractivity contribution in [3.05, 3.63) is 93.7 Å². The average molecular weight is 646 g/mol. The van der Waals surface area contributed by atoms with Crippen LogP contribution in [0.25, 0.3) is 5.69 Å². The van der Waals surface area contributed by atoms with Crippen LogP contribution in [0.4, 0.5) is 5.69 Å². The van der Waals surface area contributed by atoms with E-state index in [0.717, 1.165) is 26.9 Å². The number of nitrogens with zero attached hydrogens (tertiary/aromatic N) is 3. The van der Waals surface area contributed by atoms with E-state index in [1.807, 2.05) is 30.5 Å². The van der Waals surface area contributed by atoms with Crippen LogP contribution in [-0.4, -0.2) is 53.0 Å². The highest BCUT2D eigenvalue weighted by Crippen LogP contribution is 2.33. The first-order valence-corrected chi connectivity index (χ1v) is 15.0. The third kappa shape index (κ3) is 6.90. The van der Waals surface area contributed by atoms with Gasteiger partial charge in [0.05, 0.1) is 48.2 Å². The maximum Gasteiger partial charge on any atom is 0.264 e. The van der Waals surface area contributed by atoms with Crippen molar-refractivity contribution in [2.45, 2.75) is 18.7 Å². The van der Waals surface area contributed by atoms with Crippen LogP contribution in [0.1, 0.15) is 17.0 Å². The van der Waals surface area contributed by atoms with Crippen molar-refractivity contribution in [2.75, 3.05) is 32.2 Å². The van der Waals surface area contributed by atoms with E-state index in [0.29, 0.717) is 21.5 Å². The van der Waals surface area contributed by atoms with Gasteiger partial charge in [-0.15, -0.1) is 0 Å². The van der Waals surface area contributed by atoms with Crippen LogP contribution < -0.4 is 23.9 Å². The predicted octanol–water partition coefficient (Wildman–Crippen LogP) is 5.77. The number of methoxy groups -OCH3 is 3. The molecule has 0 radical (unpaired) electrons. The first kappa shape index (κ1) is 31.7. The number of aromatic nitrogens is 1. The molecule has 3 aromatic carbocycles. The smallest absolute Gasteiger partial charge is 0.264 e. The van der Waals surface area contributed by atoms with Crippen molar-refractivity contribution in [3.63, 3.8) is 0 Å². The van der Waals surface area contributed by atoms with Crippen molar-refractivity contribution >= 4 is 51.0 Å². The van der Waals surface area contributed by atoms with Crippen LogP contribution in [0, 0.1) is 13.8 Å². The van der Waals surface area contributed by atoms with Gasteiger partial charge in [-0.1, -0.05) is 23.2 Å². The van der Waals surface area contributed by atoms with E-state index in [1.54, 1.807) is 36.4 Å². The van der Waals surface area contributed by atoms with Crippen LogP contribution in [-0.2, 0) is 14.8 Å². The predicted molar refractivity (Wildman–Crippen MR) is 168 cm³/mol. The lowest BCUT2D eigenvalue weighted by molar-refractivity contribution is -0.119. The van der Waals surface area contributed by atoms with Gasteiger partial charge in [0, 0.05) is 28.7 Å². The number of carbonyl (C=O) groups is 1. The van der Waals surface area contributed by atoms with Gasteiger partial charge in [0.25, 0.3) is 15.9 Å². The van der Waals surface area contributed by atoms with E-state index >= 15 is 0 Å². The van der Waals surface area contributed by atoms with E-state index in [-0.39, 0.29) is 16.3 Å². The minimum absolute atomic E-state index is 0.0907. The van der Waals surface area contributed by atoms with E-state index in [2.05, 4.69) is 10.5 Å². The molecule has 0 bridgehead atoms. The van der Waals surface area contributed by atoms with Crippen molar-refractivity contribution in [1.82, 2.24) is 9.99 Å². The van der Waals surface area contributed by atoms with E-state index in [9.17, 15) is 13.2 Å². The number of ether oxygens (including phenoxy) is 3. The highest BCUT2D eigenvalue weighted by Gasteiger charge is 2.28. The highest BCUT2D eigenvalue weighted by molar-refractivity contribution is 7.92. The Morgan fingerprint density at radius 2 is 1.60 bits per heavy atom. The summed E-state index contributed by atoms with van der Waals surface area (Å²) in [5.74, 6) is 0.461. The van der Waals surface area contributed by atoms with Gasteiger partial charge in [0.1, 0.15) is 12.3 Å². The molecule has 4 rings (SSSR count). The third-order valence-electron chi connectivity index (χ3n) is 6.62. The summed E-state index contributed by atoms with van der Waals surface area (Å²) in [6.07, 6.45) is 1.49. The molecule has 10 nitrogen and oxygen atoms in total. The van der Waals surface area contributed by atoms with Crippen LogP contribution in [0.3, 0.4) is 0 Å². The quantitative estimate of drug-likeness (QED) is 0.164. The molecule has 0 aliphatic rings. The Balaban J connectivity index is 1.59. The number of halogens is 2. The Labute approximate surface area is 260 Å². The molecule has 0 saturated heterocycles. The Morgan fingerprint density at radius 3 is 2.23 bits per heavy atom. The Hall–Kier alpha value is -4.19. The third-order valence-corrected chi connectivity index (χ3v) is 9.12. The van der Waals surface area contributed by atoms with Gasteiger partial charge in [-0.2, -0.15) is 5.10 Å². The van der Waals surface area contributed by atoms with Gasteiger partial charge in [-0.3, -0.25) is 9.10 Å². The highest BCUT2D eigenvalue weighted by atomic mass is 35.5. The number of benzene rings is 3. The lowest BCUT2D eigenvalue weighted by Crippen LogP contribution is -2.39. The summed E-state index contributed by atoms with van der Waals surface area (Å²) in [5.41, 5.74) is 6.02. The molecule has 226 valence electrons. The summed E-state index contributed by atoms with van der Waals surface area (Å²) in [4.78, 5) is 13.0. The molecule has 1 amide bonds. The fourth-order valence-electron chi connectivity index (χ4n) is 4.45. The SMILES string of the molecule is COc1ccc(N(CC(=O)N/N=C/c2cc(C)n(-c3ccc(Cl)c(Cl)c3)c2C)S(=O)(=O)c2ccc(OC)c(OC)c2)cc1. The van der Waals surface area contributed by atoms with Crippen molar-refractivity contribution in [3.8, 4) is 22.9 Å². The fraction of sp³-hybridized carbons (Fsp3) is 0.200. The molecule has 1 heterocycles. The van der Waals surface area contributed by atoms with Gasteiger partial charge >= 0.3 is 0 Å². The van der Waals surface area contributed by atoms with Gasteiger partial charge in [-0.05, 0) is 74.5 Å². The molecule has 1 aromatic heterocycles. The Bertz CT molecular complexity index is 1770. The molecular formula is C30H30Cl2N4O6S. The molecular weight excluding hydrogens is 615 g/mol. The van der Waals surface area contributed by atoms with E-state index < -0.39 is 22.5 Å². The second-order valence-electron chi connectivity index (χ2n) is 9.28. The minimum Gasteiger partial charge on any atom is -0.497 e. The summed E-state index contributed by atoms with van der Waals surface area (Å²) in [6.45, 7) is 3.28. The summed E-state index contributed by atoms with van der Waals surface area (Å²) in [7, 11) is 0.127. The van der Waals surface area contributed by atoms with Crippen LogP contribution in [0.2, 0.25) is 10.0 Å². The number of hydrazone groups is 1. The zero-order chi connectivity index (χ0) is 31.3. The number of nitrogens with one attached hydrogen (secondary N) is 1. The molecule has 0 spiro atoms. The first-order chi connectivity index (χ1) is 20.5. The average Bonchev–Trinajstić information content (AvgIpc) is 3.29. The van der Waals surface area contributed by atoms with E-state index in [4.69, 9.17) is 37.4 Å². The summed E-state index contributed by atoms with van der Waals surface area (Å²) < 4.78 is 46.3. The van der Waals surface area contributed by atoms with Crippen molar-refractivity contribution < 1.29 is 27.4 Å². The lowest BCUT2D eigenvalue weighted by Gasteiger charge is -2.24. The topological polar surface area (TPSA) is 111 Å². The molecule has 1 N–H and O–H groups in total. The minimum atomic E-state index is -4.23. The maximum atomic E-state index is 13.8. The normalized spacial score (nSPS) is 11.4. The number of anilines is 1. The first-order valence-electron chi connectivity index (χ1n) is 12.8. The zero-order valence-electron chi connectivity index (χ0n) is 24.1. The number of amides is 1. The fourth-order valence-corrected chi connectivity index (χ4v) is 6.18. The molecule has 0 atom stereocenters. The van der Waals surface area contributed by atoms with Crippen molar-refractivity contribution in [1.29, 1.82) is 0 Å². The molecule has 43 heavy (non-hydrogen) atoms. The van der Waals surface area contributed by atoms with Crippen LogP contribution in [0.5, 0.6) is 17.2 Å². The molecule has 0 saturated carbocycles. The van der Waals surface area contributed by atoms with Crippen LogP contribution >= 0.6 is 23.2 Å². The van der Waals surface area contributed by atoms with Gasteiger partial charge in [0.2, 0.25) is 0 Å². The van der Waals surface area contributed by atoms with Gasteiger partial charge < -0.3 is 18.8 Å². The Morgan fingerprint density at radius 1 is 0.907 bits per heavy atom. The molecule has 0 aliphatic heterocycles. The maximum absolute atomic E-state index is 13.8. The summed E-state index contributed by atoms with van der Waals surface area (Å²) >= 11 is 12.3. The number of rotatable bonds is 11. The number of carbonyl (C=O) groups excluding carboxylic acids is 1. The van der Waals surface area contributed by atoms with Gasteiger partial charge in [0.15, 0.2) is 11.5 Å². The molecule has 0 aliphatic carbocycles. The second-order valence-corrected chi connectivity index (χ2v) is 12.0. The van der Waals surface area contributed by atoms with Crippen LogP contribution in [0.15, 0.2) is 76.7 Å². The van der Waals surface area contributed by atoms with Gasteiger partial charge in [-0.25, -0.2) is 13.8 Å². The molecule has 0 fully saturated rings. The second kappa shape index (κ2) is 13.4. The number of hydrogen-bond donors (Lipinski definition) is 1. The number of hydrogen-bond acceptors (Lipinski definition) is 7. The van der Waals surface area contributed by atoms with E-state index in [1.165, 1.54) is 45.7 Å². The molecule has 13 heteroatoms. The summed E-state index contributed by atoms with van der Waals surface area (Å²) in [5, 5.41) is 4.98. The zero-order valence-corrected chi connectivity index (χ0v) is 26.4.